The van der Waals surface area contributed by atoms with Crippen LogP contribution < -0.4 is 10.5 Å². The van der Waals surface area contributed by atoms with Crippen LogP contribution in [0.3, 0.4) is 0 Å². The zero-order chi connectivity index (χ0) is 19.7. The Balaban J connectivity index is 1.68. The highest BCUT2D eigenvalue weighted by Gasteiger charge is 2.23. The molecule has 4 rings (SSSR count). The minimum atomic E-state index is -3.65. The molecule has 0 amide bonds. The van der Waals surface area contributed by atoms with Gasteiger partial charge in [-0.3, -0.25) is 0 Å². The first-order chi connectivity index (χ1) is 13.4. The molecule has 3 heterocycles. The lowest BCUT2D eigenvalue weighted by molar-refractivity contribution is -0.0283. The summed E-state index contributed by atoms with van der Waals surface area (Å²) in [4.78, 5) is 12.7. The molecule has 1 saturated heterocycles. The van der Waals surface area contributed by atoms with Crippen molar-refractivity contribution in [2.45, 2.75) is 11.8 Å². The standard InChI is InChI=1S/C17H19N7O3S/c1-11-2-3-13(28(25,26)22-5-12-7-27-8-12)4-14(11)15-6-20-16(18)17(23-15)24-10-19-9-21-24/h2-4,6,9-10,12,22H,5,7-8H2,1H3,(H2,18,20). The largest absolute Gasteiger partial charge is 0.381 e. The van der Waals surface area contributed by atoms with Gasteiger partial charge in [-0.05, 0) is 24.6 Å². The van der Waals surface area contributed by atoms with Crippen LogP contribution in [0.4, 0.5) is 5.82 Å². The molecule has 10 nitrogen and oxygen atoms in total. The number of aryl methyl sites for hydroxylation is 1. The predicted octanol–water partition coefficient (Wildman–Crippen LogP) is 0.540. The van der Waals surface area contributed by atoms with Crippen molar-refractivity contribution in [2.75, 3.05) is 25.5 Å². The minimum absolute atomic E-state index is 0.161. The molecule has 11 heteroatoms. The second kappa shape index (κ2) is 7.26. The maximum Gasteiger partial charge on any atom is 0.240 e. The molecule has 0 radical (unpaired) electrons. The third kappa shape index (κ3) is 3.59. The Morgan fingerprint density at radius 2 is 2.18 bits per heavy atom. The van der Waals surface area contributed by atoms with Crippen molar-refractivity contribution in [2.24, 2.45) is 5.92 Å². The van der Waals surface area contributed by atoms with Gasteiger partial charge in [0.25, 0.3) is 0 Å². The number of hydrogen-bond donors (Lipinski definition) is 2. The number of nitrogens with two attached hydrogens (primary N) is 1. The molecule has 2 aromatic heterocycles. The molecular formula is C17H19N7O3S. The third-order valence-corrected chi connectivity index (χ3v) is 5.90. The van der Waals surface area contributed by atoms with E-state index >= 15 is 0 Å². The van der Waals surface area contributed by atoms with Gasteiger partial charge < -0.3 is 10.5 Å². The van der Waals surface area contributed by atoms with Crippen LogP contribution in [0, 0.1) is 12.8 Å². The number of rotatable bonds is 6. The highest BCUT2D eigenvalue weighted by Crippen LogP contribution is 2.26. The Labute approximate surface area is 161 Å². The second-order valence-corrected chi connectivity index (χ2v) is 8.30. The lowest BCUT2D eigenvalue weighted by Crippen LogP contribution is -2.39. The van der Waals surface area contributed by atoms with E-state index in [0.29, 0.717) is 36.8 Å². The molecule has 28 heavy (non-hydrogen) atoms. The number of aromatic nitrogens is 5. The number of anilines is 1. The van der Waals surface area contributed by atoms with Crippen molar-refractivity contribution < 1.29 is 13.2 Å². The average molecular weight is 401 g/mol. The van der Waals surface area contributed by atoms with Crippen LogP contribution in [0.1, 0.15) is 5.56 Å². The zero-order valence-corrected chi connectivity index (χ0v) is 15.9. The van der Waals surface area contributed by atoms with Crippen LogP contribution in [0.5, 0.6) is 0 Å². The summed E-state index contributed by atoms with van der Waals surface area (Å²) in [6.45, 7) is 3.38. The van der Waals surface area contributed by atoms with Crippen LogP contribution in [-0.4, -0.2) is 52.9 Å². The van der Waals surface area contributed by atoms with Gasteiger partial charge >= 0.3 is 0 Å². The van der Waals surface area contributed by atoms with Crippen LogP contribution in [0.25, 0.3) is 17.1 Å². The normalized spacial score (nSPS) is 14.8. The summed E-state index contributed by atoms with van der Waals surface area (Å²) in [6, 6.07) is 4.89. The number of ether oxygens (including phenoxy) is 1. The summed E-state index contributed by atoms with van der Waals surface area (Å²) < 4.78 is 34.4. The fraction of sp³-hybridized carbons (Fsp3) is 0.294. The van der Waals surface area contributed by atoms with E-state index in [1.165, 1.54) is 23.5 Å². The number of sulfonamides is 1. The predicted molar refractivity (Wildman–Crippen MR) is 101 cm³/mol. The molecule has 0 saturated carbocycles. The van der Waals surface area contributed by atoms with Crippen LogP contribution in [-0.2, 0) is 14.8 Å². The molecule has 0 bridgehead atoms. The van der Waals surface area contributed by atoms with Gasteiger partial charge in [0.15, 0.2) is 11.6 Å². The van der Waals surface area contributed by atoms with E-state index in [4.69, 9.17) is 10.5 Å². The van der Waals surface area contributed by atoms with Gasteiger partial charge in [-0.2, -0.15) is 9.78 Å². The molecule has 1 aliphatic rings. The van der Waals surface area contributed by atoms with Crippen molar-refractivity contribution in [3.8, 4) is 17.1 Å². The molecule has 0 unspecified atom stereocenters. The van der Waals surface area contributed by atoms with Crippen LogP contribution in [0.15, 0.2) is 41.9 Å². The van der Waals surface area contributed by atoms with Crippen LogP contribution >= 0.6 is 0 Å². The number of hydrogen-bond acceptors (Lipinski definition) is 8. The lowest BCUT2D eigenvalue weighted by atomic mass is 10.1. The van der Waals surface area contributed by atoms with Gasteiger partial charge in [0.1, 0.15) is 12.7 Å². The molecule has 0 atom stereocenters. The Bertz CT molecular complexity index is 1100. The maximum absolute atomic E-state index is 12.6. The molecule has 1 fully saturated rings. The summed E-state index contributed by atoms with van der Waals surface area (Å²) in [5.74, 6) is 0.735. The number of benzene rings is 1. The van der Waals surface area contributed by atoms with Crippen molar-refractivity contribution in [3.05, 3.63) is 42.6 Å². The average Bonchev–Trinajstić information content (AvgIpc) is 3.15. The molecule has 1 aliphatic heterocycles. The Morgan fingerprint density at radius 3 is 2.86 bits per heavy atom. The van der Waals surface area contributed by atoms with E-state index < -0.39 is 10.0 Å². The SMILES string of the molecule is Cc1ccc(S(=O)(=O)NCC2COC2)cc1-c1cnc(N)c(-n2cncn2)n1. The van der Waals surface area contributed by atoms with Gasteiger partial charge in [-0.1, -0.05) is 6.07 Å². The molecule has 3 aromatic rings. The molecule has 3 N–H and O–H groups in total. The Kier molecular flexibility index (Phi) is 4.79. The summed E-state index contributed by atoms with van der Waals surface area (Å²) in [5, 5.41) is 4.02. The van der Waals surface area contributed by atoms with Crippen molar-refractivity contribution in [3.63, 3.8) is 0 Å². The molecule has 1 aromatic carbocycles. The zero-order valence-electron chi connectivity index (χ0n) is 15.1. The monoisotopic (exact) mass is 401 g/mol. The lowest BCUT2D eigenvalue weighted by Gasteiger charge is -2.25. The summed E-state index contributed by atoms with van der Waals surface area (Å²) in [7, 11) is -3.65. The summed E-state index contributed by atoms with van der Waals surface area (Å²) >= 11 is 0. The summed E-state index contributed by atoms with van der Waals surface area (Å²) in [5.41, 5.74) is 7.89. The smallest absolute Gasteiger partial charge is 0.240 e. The van der Waals surface area contributed by atoms with Gasteiger partial charge in [0, 0.05) is 18.0 Å². The Hall–Kier alpha value is -2.89. The first kappa shape index (κ1) is 18.5. The highest BCUT2D eigenvalue weighted by atomic mass is 32.2. The molecule has 146 valence electrons. The van der Waals surface area contributed by atoms with Crippen molar-refractivity contribution >= 4 is 15.8 Å². The van der Waals surface area contributed by atoms with E-state index in [9.17, 15) is 8.42 Å². The fourth-order valence-corrected chi connectivity index (χ4v) is 3.90. The highest BCUT2D eigenvalue weighted by molar-refractivity contribution is 7.89. The third-order valence-electron chi connectivity index (χ3n) is 4.48. The van der Waals surface area contributed by atoms with E-state index in [2.05, 4.69) is 24.8 Å². The van der Waals surface area contributed by atoms with Crippen molar-refractivity contribution in [1.82, 2.24) is 29.5 Å². The van der Waals surface area contributed by atoms with E-state index in [0.717, 1.165) is 5.56 Å². The number of nitrogens with one attached hydrogen (secondary N) is 1. The second-order valence-electron chi connectivity index (χ2n) is 6.54. The summed E-state index contributed by atoms with van der Waals surface area (Å²) in [6.07, 6.45) is 4.34. The Morgan fingerprint density at radius 1 is 1.36 bits per heavy atom. The van der Waals surface area contributed by atoms with Gasteiger partial charge in [-0.15, -0.1) is 0 Å². The molecule has 0 aliphatic carbocycles. The first-order valence-corrected chi connectivity index (χ1v) is 10.1. The molecule has 0 spiro atoms. The molecular weight excluding hydrogens is 382 g/mol. The van der Waals surface area contributed by atoms with Crippen LogP contribution in [0.2, 0.25) is 0 Å². The van der Waals surface area contributed by atoms with Gasteiger partial charge in [0.2, 0.25) is 10.0 Å². The quantitative estimate of drug-likeness (QED) is 0.610. The van der Waals surface area contributed by atoms with E-state index in [1.807, 2.05) is 6.92 Å². The topological polar surface area (TPSA) is 138 Å². The van der Waals surface area contributed by atoms with Gasteiger partial charge in [0.05, 0.1) is 30.0 Å². The van der Waals surface area contributed by atoms with E-state index in [1.54, 1.807) is 18.2 Å². The minimum Gasteiger partial charge on any atom is -0.381 e. The number of nitrogens with zero attached hydrogens (tertiary/aromatic N) is 5. The van der Waals surface area contributed by atoms with E-state index in [-0.39, 0.29) is 16.6 Å². The fourth-order valence-electron chi connectivity index (χ4n) is 2.76. The number of nitrogen functional groups attached to an aromatic ring is 1. The first-order valence-electron chi connectivity index (χ1n) is 8.60. The van der Waals surface area contributed by atoms with Gasteiger partial charge in [-0.25, -0.2) is 28.1 Å². The van der Waals surface area contributed by atoms with Crippen molar-refractivity contribution in [1.29, 1.82) is 0 Å². The maximum atomic E-state index is 12.6.